The van der Waals surface area contributed by atoms with Crippen molar-refractivity contribution in [3.05, 3.63) is 28.2 Å². The zero-order valence-corrected chi connectivity index (χ0v) is 9.55. The van der Waals surface area contributed by atoms with E-state index in [-0.39, 0.29) is 0 Å². The Kier molecular flexibility index (Phi) is 4.24. The quantitative estimate of drug-likeness (QED) is 0.890. The van der Waals surface area contributed by atoms with Crippen LogP contribution in [0.25, 0.3) is 0 Å². The number of hydrogen-bond acceptors (Lipinski definition) is 2. The number of carboxylic acid groups (broad SMARTS) is 1. The third-order valence-electron chi connectivity index (χ3n) is 1.82. The van der Waals surface area contributed by atoms with Crippen molar-refractivity contribution in [2.45, 2.75) is 19.4 Å². The van der Waals surface area contributed by atoms with E-state index >= 15 is 0 Å². The van der Waals surface area contributed by atoms with E-state index in [2.05, 4.69) is 0 Å². The molecule has 0 bridgehead atoms. The predicted molar refractivity (Wildman–Crippen MR) is 58.8 cm³/mol. The van der Waals surface area contributed by atoms with Crippen LogP contribution in [-0.4, -0.2) is 17.2 Å². The molecule has 0 aliphatic heterocycles. The molecule has 0 amide bonds. The predicted octanol–water partition coefficient (Wildman–Crippen LogP) is 3.24. The molecule has 0 aromatic heterocycles. The van der Waals surface area contributed by atoms with Crippen LogP contribution in [0.4, 0.5) is 0 Å². The molecule has 0 saturated heterocycles. The molecule has 1 unspecified atom stereocenters. The van der Waals surface area contributed by atoms with E-state index in [0.29, 0.717) is 22.2 Å². The van der Waals surface area contributed by atoms with Gasteiger partial charge in [0, 0.05) is 6.07 Å². The maximum Gasteiger partial charge on any atom is 0.344 e. The Hall–Kier alpha value is -0.930. The molecule has 0 aliphatic rings. The Morgan fingerprint density at radius 2 is 2.13 bits per heavy atom. The second-order valence-electron chi connectivity index (χ2n) is 2.93. The summed E-state index contributed by atoms with van der Waals surface area (Å²) in [4.78, 5) is 10.7. The Balaban J connectivity index is 2.80. The molecule has 0 heterocycles. The van der Waals surface area contributed by atoms with Crippen LogP contribution in [0, 0.1) is 0 Å². The van der Waals surface area contributed by atoms with Crippen molar-refractivity contribution in [2.24, 2.45) is 0 Å². The molecule has 15 heavy (non-hydrogen) atoms. The lowest BCUT2D eigenvalue weighted by atomic mass is 10.2. The highest BCUT2D eigenvalue weighted by Crippen LogP contribution is 2.27. The van der Waals surface area contributed by atoms with E-state index in [1.807, 2.05) is 0 Å². The average Bonchev–Trinajstić information content (AvgIpc) is 2.19. The fourth-order valence-electron chi connectivity index (χ4n) is 1.02. The van der Waals surface area contributed by atoms with Crippen molar-refractivity contribution in [1.82, 2.24) is 0 Å². The number of carboxylic acids is 1. The lowest BCUT2D eigenvalue weighted by molar-refractivity contribution is -0.145. The van der Waals surface area contributed by atoms with Gasteiger partial charge < -0.3 is 9.84 Å². The summed E-state index contributed by atoms with van der Waals surface area (Å²) in [5.41, 5.74) is 0. The Bertz CT molecular complexity index is 366. The summed E-state index contributed by atoms with van der Waals surface area (Å²) in [6.45, 7) is 1.73. The molecule has 5 heteroatoms. The summed E-state index contributed by atoms with van der Waals surface area (Å²) in [6, 6.07) is 4.64. The number of benzene rings is 1. The van der Waals surface area contributed by atoms with Gasteiger partial charge in [-0.2, -0.15) is 0 Å². The van der Waals surface area contributed by atoms with Gasteiger partial charge in [-0.25, -0.2) is 4.79 Å². The first-order valence-electron chi connectivity index (χ1n) is 4.39. The molecular weight excluding hydrogens is 239 g/mol. The van der Waals surface area contributed by atoms with Crippen molar-refractivity contribution in [1.29, 1.82) is 0 Å². The van der Waals surface area contributed by atoms with Crippen LogP contribution >= 0.6 is 23.2 Å². The molecule has 0 spiro atoms. The van der Waals surface area contributed by atoms with Gasteiger partial charge >= 0.3 is 5.97 Å². The Labute approximate surface area is 97.6 Å². The topological polar surface area (TPSA) is 46.5 Å². The highest BCUT2D eigenvalue weighted by Gasteiger charge is 2.16. The smallest absolute Gasteiger partial charge is 0.344 e. The second kappa shape index (κ2) is 5.24. The minimum absolute atomic E-state index is 0.342. The van der Waals surface area contributed by atoms with Gasteiger partial charge in [-0.1, -0.05) is 30.1 Å². The standard InChI is InChI=1S/C10H10Cl2O3/c1-2-9(10(13)14)15-6-3-4-7(11)8(12)5-6/h3-5,9H,2H2,1H3,(H,13,14). The molecule has 0 radical (unpaired) electrons. The molecule has 1 N–H and O–H groups in total. The minimum atomic E-state index is -0.997. The van der Waals surface area contributed by atoms with Crippen LogP contribution in [-0.2, 0) is 4.79 Å². The summed E-state index contributed by atoms with van der Waals surface area (Å²) < 4.78 is 5.22. The lowest BCUT2D eigenvalue weighted by Crippen LogP contribution is -2.25. The molecule has 1 atom stereocenters. The first-order valence-corrected chi connectivity index (χ1v) is 5.14. The van der Waals surface area contributed by atoms with Crippen molar-refractivity contribution in [3.8, 4) is 5.75 Å². The van der Waals surface area contributed by atoms with Crippen LogP contribution in [0.1, 0.15) is 13.3 Å². The summed E-state index contributed by atoms with van der Waals surface area (Å²) in [5, 5.41) is 9.53. The maximum atomic E-state index is 10.7. The van der Waals surface area contributed by atoms with E-state index < -0.39 is 12.1 Å². The lowest BCUT2D eigenvalue weighted by Gasteiger charge is -2.13. The Morgan fingerprint density at radius 1 is 1.47 bits per heavy atom. The zero-order valence-electron chi connectivity index (χ0n) is 8.04. The van der Waals surface area contributed by atoms with Gasteiger partial charge in [0.25, 0.3) is 0 Å². The van der Waals surface area contributed by atoms with Crippen molar-refractivity contribution < 1.29 is 14.6 Å². The third-order valence-corrected chi connectivity index (χ3v) is 2.55. The van der Waals surface area contributed by atoms with Crippen LogP contribution in [0.5, 0.6) is 5.75 Å². The van der Waals surface area contributed by atoms with Gasteiger partial charge in [0.1, 0.15) is 5.75 Å². The number of halogens is 2. The van der Waals surface area contributed by atoms with Gasteiger partial charge in [0.15, 0.2) is 6.10 Å². The van der Waals surface area contributed by atoms with Gasteiger partial charge in [0.05, 0.1) is 10.0 Å². The largest absolute Gasteiger partial charge is 0.479 e. The van der Waals surface area contributed by atoms with E-state index in [1.54, 1.807) is 19.1 Å². The molecule has 0 fully saturated rings. The van der Waals surface area contributed by atoms with Crippen LogP contribution in [0.3, 0.4) is 0 Å². The van der Waals surface area contributed by atoms with E-state index in [9.17, 15) is 4.79 Å². The SMILES string of the molecule is CCC(Oc1ccc(Cl)c(Cl)c1)C(=O)O. The number of rotatable bonds is 4. The van der Waals surface area contributed by atoms with Gasteiger partial charge in [-0.15, -0.1) is 0 Å². The Morgan fingerprint density at radius 3 is 2.60 bits per heavy atom. The van der Waals surface area contributed by atoms with Crippen molar-refractivity contribution in [2.75, 3.05) is 0 Å². The number of carbonyl (C=O) groups is 1. The number of hydrogen-bond donors (Lipinski definition) is 1. The van der Waals surface area contributed by atoms with Crippen LogP contribution in [0.15, 0.2) is 18.2 Å². The fraction of sp³-hybridized carbons (Fsp3) is 0.300. The second-order valence-corrected chi connectivity index (χ2v) is 3.74. The molecule has 82 valence electrons. The number of aliphatic carboxylic acids is 1. The summed E-state index contributed by atoms with van der Waals surface area (Å²) >= 11 is 11.5. The molecular formula is C10H10Cl2O3. The molecule has 3 nitrogen and oxygen atoms in total. The van der Waals surface area contributed by atoms with Crippen LogP contribution < -0.4 is 4.74 Å². The summed E-state index contributed by atoms with van der Waals surface area (Å²) in [6.07, 6.45) is -0.475. The molecule has 0 aliphatic carbocycles. The first-order chi connectivity index (χ1) is 7.04. The third kappa shape index (κ3) is 3.29. The fourth-order valence-corrected chi connectivity index (χ4v) is 1.31. The number of ether oxygens (including phenoxy) is 1. The summed E-state index contributed by atoms with van der Waals surface area (Å²) in [5.74, 6) is -0.595. The normalized spacial score (nSPS) is 12.2. The average molecular weight is 249 g/mol. The van der Waals surface area contributed by atoms with Gasteiger partial charge in [-0.05, 0) is 18.6 Å². The molecule has 1 aromatic carbocycles. The van der Waals surface area contributed by atoms with Crippen molar-refractivity contribution in [3.63, 3.8) is 0 Å². The summed E-state index contributed by atoms with van der Waals surface area (Å²) in [7, 11) is 0. The first kappa shape index (κ1) is 12.1. The van der Waals surface area contributed by atoms with Crippen LogP contribution in [0.2, 0.25) is 10.0 Å². The monoisotopic (exact) mass is 248 g/mol. The maximum absolute atomic E-state index is 10.7. The minimum Gasteiger partial charge on any atom is -0.479 e. The highest BCUT2D eigenvalue weighted by molar-refractivity contribution is 6.42. The molecule has 1 rings (SSSR count). The zero-order chi connectivity index (χ0) is 11.4. The van der Waals surface area contributed by atoms with Gasteiger partial charge in [0.2, 0.25) is 0 Å². The van der Waals surface area contributed by atoms with E-state index in [4.69, 9.17) is 33.0 Å². The van der Waals surface area contributed by atoms with Gasteiger partial charge in [-0.3, -0.25) is 0 Å². The molecule has 0 saturated carbocycles. The molecule has 1 aromatic rings. The van der Waals surface area contributed by atoms with E-state index in [1.165, 1.54) is 6.07 Å². The highest BCUT2D eigenvalue weighted by atomic mass is 35.5. The van der Waals surface area contributed by atoms with Crippen molar-refractivity contribution >= 4 is 29.2 Å². The van der Waals surface area contributed by atoms with E-state index in [0.717, 1.165) is 0 Å².